The van der Waals surface area contributed by atoms with Crippen molar-refractivity contribution in [2.24, 2.45) is 0 Å². The van der Waals surface area contributed by atoms with Crippen LogP contribution in [0.1, 0.15) is 6.92 Å². The van der Waals surface area contributed by atoms with Crippen LogP contribution in [-0.4, -0.2) is 25.1 Å². The first-order chi connectivity index (χ1) is 6.89. The summed E-state index contributed by atoms with van der Waals surface area (Å²) in [4.78, 5) is 0. The van der Waals surface area contributed by atoms with Gasteiger partial charge in [0, 0.05) is 6.54 Å². The molecule has 0 aromatic rings. The molecule has 0 aromatic heterocycles. The molecule has 0 saturated carbocycles. The third-order valence-electron chi connectivity index (χ3n) is 1.14. The largest absolute Gasteiger partial charge is 0.375 e. The molecule has 0 saturated heterocycles. The number of hydrogen-bond acceptors (Lipinski definition) is 3. The molecule has 0 amide bonds. The van der Waals surface area contributed by atoms with Crippen LogP contribution in [-0.2, 0) is 20.9 Å². The number of halogens is 3. The van der Waals surface area contributed by atoms with E-state index in [-0.39, 0.29) is 13.2 Å². The van der Waals surface area contributed by atoms with Crippen LogP contribution >= 0.6 is 18.2 Å². The topological polar surface area (TPSA) is 30.5 Å². The molecular formula is C7H13ClF2NO2PS. The molecule has 0 aliphatic rings. The minimum Gasteiger partial charge on any atom is -0.318 e. The molecule has 0 aliphatic heterocycles. The van der Waals surface area contributed by atoms with E-state index in [0.717, 1.165) is 0 Å². The summed E-state index contributed by atoms with van der Waals surface area (Å²) in [6.07, 6.45) is -2.01. The van der Waals surface area contributed by atoms with Crippen LogP contribution < -0.4 is 5.09 Å². The summed E-state index contributed by atoms with van der Waals surface area (Å²) in [5, 5.41) is 2.56. The Balaban J connectivity index is 4.49. The molecule has 1 N–H and O–H groups in total. The van der Waals surface area contributed by atoms with Crippen molar-refractivity contribution < 1.29 is 17.8 Å². The molecule has 0 aliphatic carbocycles. The Labute approximate surface area is 98.0 Å². The van der Waals surface area contributed by atoms with E-state index in [9.17, 15) is 8.78 Å². The third kappa shape index (κ3) is 6.56. The zero-order chi connectivity index (χ0) is 11.9. The SMILES string of the molecule is C=CCNP(=S)(OCC)OC(F)(F)CCl. The van der Waals surface area contributed by atoms with Crippen molar-refractivity contribution in [2.45, 2.75) is 13.0 Å². The summed E-state index contributed by atoms with van der Waals surface area (Å²) in [5.74, 6) is -0.964. The summed E-state index contributed by atoms with van der Waals surface area (Å²) < 4.78 is 35.1. The molecule has 0 aromatic carbocycles. The van der Waals surface area contributed by atoms with E-state index < -0.39 is 18.6 Å². The highest BCUT2D eigenvalue weighted by Crippen LogP contribution is 2.48. The Bertz CT molecular complexity index is 255. The number of rotatable bonds is 8. The predicted molar refractivity (Wildman–Crippen MR) is 60.9 cm³/mol. The van der Waals surface area contributed by atoms with Gasteiger partial charge in [-0.25, -0.2) is 5.09 Å². The van der Waals surface area contributed by atoms with Crippen LogP contribution in [0.25, 0.3) is 0 Å². The first-order valence-electron chi connectivity index (χ1n) is 4.14. The van der Waals surface area contributed by atoms with Gasteiger partial charge in [0.15, 0.2) is 0 Å². The zero-order valence-corrected chi connectivity index (χ0v) is 10.7. The first-order valence-corrected chi connectivity index (χ1v) is 7.31. The molecule has 1 atom stereocenters. The summed E-state index contributed by atoms with van der Waals surface area (Å²) in [6, 6.07) is 0. The second-order valence-electron chi connectivity index (χ2n) is 2.43. The molecule has 0 heterocycles. The minimum absolute atomic E-state index is 0.180. The Kier molecular flexibility index (Phi) is 7.08. The fourth-order valence-corrected chi connectivity index (χ4v) is 2.97. The Morgan fingerprint density at radius 1 is 1.67 bits per heavy atom. The summed E-state index contributed by atoms with van der Waals surface area (Å²) in [7, 11) is 0. The van der Waals surface area contributed by atoms with Crippen molar-refractivity contribution >= 4 is 30.1 Å². The van der Waals surface area contributed by atoms with E-state index in [1.54, 1.807) is 6.92 Å². The standard InChI is InChI=1S/C7H13ClF2NO2PS/c1-3-5-11-14(15,12-4-2)13-7(9,10)6-8/h3H,1,4-6H2,2H3,(H,11,15). The molecule has 0 fully saturated rings. The average Bonchev–Trinajstić information content (AvgIpc) is 2.14. The van der Waals surface area contributed by atoms with Crippen LogP contribution in [0.2, 0.25) is 0 Å². The van der Waals surface area contributed by atoms with E-state index in [4.69, 9.17) is 27.9 Å². The predicted octanol–water partition coefficient (Wildman–Crippen LogP) is 2.87. The van der Waals surface area contributed by atoms with Gasteiger partial charge in [0.1, 0.15) is 5.88 Å². The Hall–Kier alpha value is 0.420. The molecule has 0 bridgehead atoms. The van der Waals surface area contributed by atoms with Crippen molar-refractivity contribution in [3.05, 3.63) is 12.7 Å². The lowest BCUT2D eigenvalue weighted by atomic mass is 10.7. The van der Waals surface area contributed by atoms with Gasteiger partial charge in [-0.1, -0.05) is 6.08 Å². The molecule has 0 spiro atoms. The molecule has 1 unspecified atom stereocenters. The Morgan fingerprint density at radius 3 is 2.67 bits per heavy atom. The number of hydrogen-bond donors (Lipinski definition) is 1. The third-order valence-corrected chi connectivity index (χ3v) is 4.05. The van der Waals surface area contributed by atoms with Crippen molar-refractivity contribution in [1.29, 1.82) is 0 Å². The van der Waals surface area contributed by atoms with Gasteiger partial charge in [-0.15, -0.1) is 18.2 Å². The lowest BCUT2D eigenvalue weighted by Crippen LogP contribution is -2.26. The Morgan fingerprint density at radius 2 is 2.27 bits per heavy atom. The molecule has 90 valence electrons. The first kappa shape index (κ1) is 15.4. The summed E-state index contributed by atoms with van der Waals surface area (Å²) >= 11 is 9.88. The molecule has 8 heteroatoms. The lowest BCUT2D eigenvalue weighted by Gasteiger charge is -2.25. The van der Waals surface area contributed by atoms with Crippen molar-refractivity contribution in [3.63, 3.8) is 0 Å². The summed E-state index contributed by atoms with van der Waals surface area (Å²) in [5.41, 5.74) is 0. The quantitative estimate of drug-likeness (QED) is 0.420. The molecule has 3 nitrogen and oxygen atoms in total. The van der Waals surface area contributed by atoms with Gasteiger partial charge in [0.05, 0.1) is 6.61 Å². The maximum absolute atomic E-state index is 12.9. The number of nitrogens with one attached hydrogen (secondary N) is 1. The van der Waals surface area contributed by atoms with Crippen molar-refractivity contribution in [2.75, 3.05) is 19.0 Å². The van der Waals surface area contributed by atoms with Crippen molar-refractivity contribution in [3.8, 4) is 0 Å². The van der Waals surface area contributed by atoms with Gasteiger partial charge < -0.3 is 4.52 Å². The van der Waals surface area contributed by atoms with E-state index in [1.165, 1.54) is 6.08 Å². The second kappa shape index (κ2) is 6.89. The van der Waals surface area contributed by atoms with Crippen LogP contribution in [0.5, 0.6) is 0 Å². The highest BCUT2D eigenvalue weighted by atomic mass is 35.5. The number of alkyl halides is 3. The molecule has 15 heavy (non-hydrogen) atoms. The van der Waals surface area contributed by atoms with Crippen molar-refractivity contribution in [1.82, 2.24) is 5.09 Å². The fraction of sp³-hybridized carbons (Fsp3) is 0.714. The van der Waals surface area contributed by atoms with Gasteiger partial charge in [-0.05, 0) is 18.7 Å². The monoisotopic (exact) mass is 279 g/mol. The van der Waals surface area contributed by atoms with Crippen LogP contribution in [0, 0.1) is 0 Å². The van der Waals surface area contributed by atoms with E-state index in [1.807, 2.05) is 0 Å². The fourth-order valence-electron chi connectivity index (χ4n) is 0.651. The van der Waals surface area contributed by atoms with Gasteiger partial charge in [0.25, 0.3) is 6.64 Å². The molecular weight excluding hydrogens is 267 g/mol. The van der Waals surface area contributed by atoms with E-state index in [0.29, 0.717) is 0 Å². The van der Waals surface area contributed by atoms with Crippen LogP contribution in [0.15, 0.2) is 12.7 Å². The minimum atomic E-state index is -3.49. The lowest BCUT2D eigenvalue weighted by molar-refractivity contribution is -0.157. The maximum atomic E-state index is 12.9. The second-order valence-corrected chi connectivity index (χ2v) is 5.89. The molecule has 0 rings (SSSR count). The van der Waals surface area contributed by atoms with Gasteiger partial charge in [-0.2, -0.15) is 8.78 Å². The van der Waals surface area contributed by atoms with E-state index in [2.05, 4.69) is 16.2 Å². The van der Waals surface area contributed by atoms with Gasteiger partial charge in [0.2, 0.25) is 0 Å². The highest BCUT2D eigenvalue weighted by Gasteiger charge is 2.36. The van der Waals surface area contributed by atoms with Crippen LogP contribution in [0.4, 0.5) is 8.78 Å². The summed E-state index contributed by atoms with van der Waals surface area (Å²) in [6.45, 7) is 2.28. The van der Waals surface area contributed by atoms with Crippen LogP contribution in [0.3, 0.4) is 0 Å². The maximum Gasteiger partial charge on any atom is 0.375 e. The smallest absolute Gasteiger partial charge is 0.318 e. The van der Waals surface area contributed by atoms with Gasteiger partial charge >= 0.3 is 6.11 Å². The zero-order valence-electron chi connectivity index (χ0n) is 8.21. The van der Waals surface area contributed by atoms with Gasteiger partial charge in [-0.3, -0.25) is 4.52 Å². The normalized spacial score (nSPS) is 16.0. The molecule has 0 radical (unpaired) electrons. The highest BCUT2D eigenvalue weighted by molar-refractivity contribution is 8.09. The van der Waals surface area contributed by atoms with E-state index >= 15 is 0 Å². The average molecular weight is 280 g/mol.